The van der Waals surface area contributed by atoms with E-state index in [4.69, 9.17) is 9.84 Å². The molecule has 1 N–H and O–H groups in total. The number of epoxide rings is 1. The number of aliphatic hydroxyl groups is 1. The third-order valence-electron chi connectivity index (χ3n) is 1.01. The largest absolute Gasteiger partial charge is 0.396 e. The van der Waals surface area contributed by atoms with E-state index >= 15 is 0 Å². The summed E-state index contributed by atoms with van der Waals surface area (Å²) in [5, 5.41) is 8.07. The van der Waals surface area contributed by atoms with E-state index in [-0.39, 0.29) is 0 Å². The molecule has 0 saturated carbocycles. The highest BCUT2D eigenvalue weighted by atomic mass is 16.6. The summed E-state index contributed by atoms with van der Waals surface area (Å²) in [4.78, 5) is 0. The molecule has 9 heavy (non-hydrogen) atoms. The zero-order chi connectivity index (χ0) is 7.11. The molecule has 2 heteroatoms. The second kappa shape index (κ2) is 6.05. The normalized spacial score (nSPS) is 22.3. The molecule has 0 radical (unpaired) electrons. The lowest BCUT2D eigenvalue weighted by molar-refractivity contribution is 0.287. The highest BCUT2D eigenvalue weighted by Crippen LogP contribution is 2.04. The van der Waals surface area contributed by atoms with Crippen LogP contribution in [0.1, 0.15) is 26.7 Å². The van der Waals surface area contributed by atoms with Crippen LogP contribution in [0.3, 0.4) is 0 Å². The van der Waals surface area contributed by atoms with E-state index in [1.54, 1.807) is 0 Å². The van der Waals surface area contributed by atoms with Gasteiger partial charge in [-0.2, -0.15) is 0 Å². The van der Waals surface area contributed by atoms with Crippen molar-refractivity contribution in [3.8, 4) is 0 Å². The van der Waals surface area contributed by atoms with Gasteiger partial charge in [0.15, 0.2) is 0 Å². The number of hydrogen-bond donors (Lipinski definition) is 1. The molecular formula is C7H16O2. The SMILES string of the molecule is CC1CO1.CCCCO. The summed E-state index contributed by atoms with van der Waals surface area (Å²) in [5.41, 5.74) is 0. The van der Waals surface area contributed by atoms with Crippen LogP contribution in [0.15, 0.2) is 0 Å². The van der Waals surface area contributed by atoms with Crippen molar-refractivity contribution in [1.29, 1.82) is 0 Å². The van der Waals surface area contributed by atoms with E-state index in [9.17, 15) is 0 Å². The number of ether oxygens (including phenoxy) is 1. The Balaban J connectivity index is 0.000000144. The third-order valence-corrected chi connectivity index (χ3v) is 1.01. The van der Waals surface area contributed by atoms with Gasteiger partial charge >= 0.3 is 0 Å². The Morgan fingerprint density at radius 3 is 2.11 bits per heavy atom. The molecule has 0 aromatic rings. The highest BCUT2D eigenvalue weighted by molar-refractivity contribution is 4.58. The molecule has 1 rings (SSSR count). The Labute approximate surface area is 56.8 Å². The summed E-state index contributed by atoms with van der Waals surface area (Å²) >= 11 is 0. The van der Waals surface area contributed by atoms with Gasteiger partial charge in [0, 0.05) is 6.61 Å². The van der Waals surface area contributed by atoms with Crippen molar-refractivity contribution in [2.45, 2.75) is 32.8 Å². The van der Waals surface area contributed by atoms with Crippen molar-refractivity contribution in [2.24, 2.45) is 0 Å². The first-order valence-corrected chi connectivity index (χ1v) is 3.53. The molecule has 1 aliphatic rings. The van der Waals surface area contributed by atoms with E-state index in [0.29, 0.717) is 12.7 Å². The molecule has 1 fully saturated rings. The van der Waals surface area contributed by atoms with Gasteiger partial charge in [-0.25, -0.2) is 0 Å². The molecule has 1 atom stereocenters. The summed E-state index contributed by atoms with van der Waals surface area (Å²) in [7, 11) is 0. The molecule has 1 unspecified atom stereocenters. The smallest absolute Gasteiger partial charge is 0.0781 e. The number of unbranched alkanes of at least 4 members (excludes halogenated alkanes) is 1. The van der Waals surface area contributed by atoms with Crippen molar-refractivity contribution < 1.29 is 9.84 Å². The molecule has 0 spiro atoms. The summed E-state index contributed by atoms with van der Waals surface area (Å²) in [6.07, 6.45) is 2.62. The van der Waals surface area contributed by atoms with Crippen LogP contribution in [0.5, 0.6) is 0 Å². The fourth-order valence-corrected chi connectivity index (χ4v) is 0.254. The van der Waals surface area contributed by atoms with Gasteiger partial charge in [0.05, 0.1) is 12.7 Å². The minimum atomic E-state index is 0.344. The quantitative estimate of drug-likeness (QED) is 0.572. The van der Waals surface area contributed by atoms with Gasteiger partial charge in [0.1, 0.15) is 0 Å². The van der Waals surface area contributed by atoms with E-state index in [2.05, 4.69) is 13.8 Å². The zero-order valence-corrected chi connectivity index (χ0v) is 6.26. The predicted octanol–water partition coefficient (Wildman–Crippen LogP) is 1.18. The molecule has 56 valence electrons. The maximum Gasteiger partial charge on any atom is 0.0781 e. The summed E-state index contributed by atoms with van der Waals surface area (Å²) in [6, 6.07) is 0. The summed E-state index contributed by atoms with van der Waals surface area (Å²) in [5.74, 6) is 0. The van der Waals surface area contributed by atoms with Crippen LogP contribution in [0.4, 0.5) is 0 Å². The Kier molecular flexibility index (Phi) is 5.99. The lowest BCUT2D eigenvalue weighted by atomic mass is 10.4. The standard InChI is InChI=1S/C4H10O.C3H6O/c1-2-3-4-5;1-3-2-4-3/h5H,2-4H2,1H3;3H,2H2,1H3. The van der Waals surface area contributed by atoms with Crippen LogP contribution in [0.2, 0.25) is 0 Å². The average molecular weight is 132 g/mol. The van der Waals surface area contributed by atoms with Crippen LogP contribution in [0, 0.1) is 0 Å². The fourth-order valence-electron chi connectivity index (χ4n) is 0.254. The van der Waals surface area contributed by atoms with Gasteiger partial charge in [0.25, 0.3) is 0 Å². The van der Waals surface area contributed by atoms with E-state index in [1.165, 1.54) is 0 Å². The second-order valence-corrected chi connectivity index (χ2v) is 2.22. The van der Waals surface area contributed by atoms with E-state index in [1.807, 2.05) is 0 Å². The predicted molar refractivity (Wildman–Crippen MR) is 37.4 cm³/mol. The summed E-state index contributed by atoms with van der Waals surface area (Å²) in [6.45, 7) is 5.44. The lowest BCUT2D eigenvalue weighted by Gasteiger charge is -1.79. The van der Waals surface area contributed by atoms with Gasteiger partial charge < -0.3 is 9.84 Å². The minimum Gasteiger partial charge on any atom is -0.396 e. The summed E-state index contributed by atoms with van der Waals surface area (Å²) < 4.78 is 4.71. The number of hydrogen-bond acceptors (Lipinski definition) is 2. The monoisotopic (exact) mass is 132 g/mol. The van der Waals surface area contributed by atoms with Crippen LogP contribution in [0.25, 0.3) is 0 Å². The van der Waals surface area contributed by atoms with Crippen LogP contribution >= 0.6 is 0 Å². The van der Waals surface area contributed by atoms with Crippen LogP contribution in [-0.4, -0.2) is 24.4 Å². The highest BCUT2D eigenvalue weighted by Gasteiger charge is 2.13. The Morgan fingerprint density at radius 1 is 1.67 bits per heavy atom. The second-order valence-electron chi connectivity index (χ2n) is 2.22. The maximum atomic E-state index is 8.07. The molecule has 0 aliphatic carbocycles. The molecule has 0 aromatic heterocycles. The van der Waals surface area contributed by atoms with Crippen molar-refractivity contribution >= 4 is 0 Å². The van der Waals surface area contributed by atoms with Gasteiger partial charge in [-0.05, 0) is 13.3 Å². The fraction of sp³-hybridized carbons (Fsp3) is 1.00. The third kappa shape index (κ3) is 11.5. The Bertz CT molecular complexity index is 48.9. The number of aliphatic hydroxyl groups excluding tert-OH is 1. The van der Waals surface area contributed by atoms with E-state index < -0.39 is 0 Å². The Hall–Kier alpha value is -0.0800. The molecule has 0 aromatic carbocycles. The van der Waals surface area contributed by atoms with Crippen molar-refractivity contribution in [1.82, 2.24) is 0 Å². The molecular weight excluding hydrogens is 116 g/mol. The van der Waals surface area contributed by atoms with Gasteiger partial charge in [-0.15, -0.1) is 0 Å². The first-order chi connectivity index (χ1) is 4.31. The molecule has 1 heterocycles. The van der Waals surface area contributed by atoms with Crippen molar-refractivity contribution in [3.05, 3.63) is 0 Å². The first-order valence-electron chi connectivity index (χ1n) is 3.53. The first kappa shape index (κ1) is 8.92. The zero-order valence-electron chi connectivity index (χ0n) is 6.26. The van der Waals surface area contributed by atoms with Gasteiger partial charge in [-0.1, -0.05) is 13.3 Å². The molecule has 1 saturated heterocycles. The molecule has 0 amide bonds. The lowest BCUT2D eigenvalue weighted by Crippen LogP contribution is -1.75. The van der Waals surface area contributed by atoms with Crippen LogP contribution < -0.4 is 0 Å². The van der Waals surface area contributed by atoms with Gasteiger partial charge in [-0.3, -0.25) is 0 Å². The Morgan fingerprint density at radius 2 is 2.11 bits per heavy atom. The maximum absolute atomic E-state index is 8.07. The van der Waals surface area contributed by atoms with Crippen molar-refractivity contribution in [2.75, 3.05) is 13.2 Å². The minimum absolute atomic E-state index is 0.344. The molecule has 0 bridgehead atoms. The van der Waals surface area contributed by atoms with Crippen molar-refractivity contribution in [3.63, 3.8) is 0 Å². The molecule has 2 nitrogen and oxygen atoms in total. The number of rotatable bonds is 2. The molecule has 1 aliphatic heterocycles. The topological polar surface area (TPSA) is 32.8 Å². The van der Waals surface area contributed by atoms with Crippen LogP contribution in [-0.2, 0) is 4.74 Å². The average Bonchev–Trinajstić information content (AvgIpc) is 2.55. The van der Waals surface area contributed by atoms with Gasteiger partial charge in [0.2, 0.25) is 0 Å². The van der Waals surface area contributed by atoms with E-state index in [0.717, 1.165) is 19.4 Å².